The van der Waals surface area contributed by atoms with Crippen LogP contribution < -0.4 is 9.64 Å². The Bertz CT molecular complexity index is 748. The van der Waals surface area contributed by atoms with Crippen LogP contribution in [-0.4, -0.2) is 24.7 Å². The van der Waals surface area contributed by atoms with Crippen molar-refractivity contribution in [3.8, 4) is 17.0 Å². The van der Waals surface area contributed by atoms with Crippen molar-refractivity contribution in [3.63, 3.8) is 0 Å². The fourth-order valence-corrected chi connectivity index (χ4v) is 2.06. The molecule has 3 rings (SSSR count). The van der Waals surface area contributed by atoms with Crippen LogP contribution in [0.1, 0.15) is 5.76 Å². The van der Waals surface area contributed by atoms with Crippen molar-refractivity contribution in [1.29, 1.82) is 0 Å². The number of carbonyl (C=O) groups excluding carboxylic acids is 1. The van der Waals surface area contributed by atoms with Gasteiger partial charge in [0.25, 0.3) is 5.91 Å². The Hall–Kier alpha value is -2.99. The van der Waals surface area contributed by atoms with Crippen LogP contribution in [0.25, 0.3) is 21.7 Å². The standard InChI is InChI=1S/C13H11N5O3/c1-18-11-4-8(2-3-12(11)20-7-13(18)19)10-5-9(21-16-10)6-15-17-14/h2-5H,6-7H2,1H3. The predicted molar refractivity (Wildman–Crippen MR) is 73.7 cm³/mol. The number of amides is 1. The maximum absolute atomic E-state index is 11.6. The van der Waals surface area contributed by atoms with Gasteiger partial charge in [-0.3, -0.25) is 4.79 Å². The molecule has 1 aliphatic heterocycles. The molecule has 8 heteroatoms. The second-order valence-corrected chi connectivity index (χ2v) is 4.49. The molecule has 1 amide bonds. The minimum Gasteiger partial charge on any atom is -0.482 e. The van der Waals surface area contributed by atoms with E-state index in [0.29, 0.717) is 22.9 Å². The third kappa shape index (κ3) is 2.39. The predicted octanol–water partition coefficient (Wildman–Crippen LogP) is 2.51. The Balaban J connectivity index is 1.94. The molecule has 2 aromatic rings. The fraction of sp³-hybridized carbons (Fsp3) is 0.231. The van der Waals surface area contributed by atoms with E-state index in [0.717, 1.165) is 5.56 Å². The average molecular weight is 285 g/mol. The number of likely N-dealkylation sites (N-methyl/N-ethyl adjacent to an activating group) is 1. The molecule has 0 atom stereocenters. The molecular formula is C13H11N5O3. The number of hydrogen-bond donors (Lipinski definition) is 0. The lowest BCUT2D eigenvalue weighted by atomic mass is 10.1. The number of benzene rings is 1. The van der Waals surface area contributed by atoms with Gasteiger partial charge in [0.2, 0.25) is 0 Å². The normalized spacial score (nSPS) is 13.4. The second kappa shape index (κ2) is 5.18. The number of anilines is 1. The van der Waals surface area contributed by atoms with Crippen molar-refractivity contribution in [2.24, 2.45) is 5.11 Å². The van der Waals surface area contributed by atoms with Crippen LogP contribution >= 0.6 is 0 Å². The highest BCUT2D eigenvalue weighted by atomic mass is 16.5. The molecule has 1 aromatic heterocycles. The zero-order valence-electron chi connectivity index (χ0n) is 11.2. The summed E-state index contributed by atoms with van der Waals surface area (Å²) in [6, 6.07) is 7.12. The smallest absolute Gasteiger partial charge is 0.264 e. The minimum atomic E-state index is -0.108. The summed E-state index contributed by atoms with van der Waals surface area (Å²) in [5.41, 5.74) is 10.4. The van der Waals surface area contributed by atoms with Crippen molar-refractivity contribution in [2.75, 3.05) is 18.6 Å². The van der Waals surface area contributed by atoms with Crippen molar-refractivity contribution >= 4 is 11.6 Å². The number of fused-ring (bicyclic) bond motifs is 1. The van der Waals surface area contributed by atoms with Crippen LogP contribution in [0.2, 0.25) is 0 Å². The highest BCUT2D eigenvalue weighted by molar-refractivity contribution is 5.98. The molecule has 0 fully saturated rings. The molecule has 0 bridgehead atoms. The molecular weight excluding hydrogens is 274 g/mol. The van der Waals surface area contributed by atoms with Crippen LogP contribution in [-0.2, 0) is 11.3 Å². The van der Waals surface area contributed by atoms with Crippen LogP contribution in [0.3, 0.4) is 0 Å². The van der Waals surface area contributed by atoms with Gasteiger partial charge >= 0.3 is 0 Å². The van der Waals surface area contributed by atoms with Crippen LogP contribution in [0.4, 0.5) is 5.69 Å². The summed E-state index contributed by atoms with van der Waals surface area (Å²) in [5, 5.41) is 7.34. The molecule has 8 nitrogen and oxygen atoms in total. The zero-order valence-corrected chi connectivity index (χ0v) is 11.2. The molecule has 0 saturated heterocycles. The molecule has 0 unspecified atom stereocenters. The number of azide groups is 1. The van der Waals surface area contributed by atoms with E-state index >= 15 is 0 Å². The van der Waals surface area contributed by atoms with E-state index in [4.69, 9.17) is 14.8 Å². The van der Waals surface area contributed by atoms with Gasteiger partial charge in [0.15, 0.2) is 6.61 Å². The van der Waals surface area contributed by atoms with Crippen molar-refractivity contribution < 1.29 is 14.1 Å². The summed E-state index contributed by atoms with van der Waals surface area (Å²) in [7, 11) is 1.70. The molecule has 0 saturated carbocycles. The van der Waals surface area contributed by atoms with E-state index in [2.05, 4.69) is 15.2 Å². The lowest BCUT2D eigenvalue weighted by Crippen LogP contribution is -2.35. The van der Waals surface area contributed by atoms with Gasteiger partial charge in [-0.2, -0.15) is 0 Å². The van der Waals surface area contributed by atoms with Gasteiger partial charge in [-0.15, -0.1) is 0 Å². The number of nitrogens with zero attached hydrogens (tertiary/aromatic N) is 5. The molecule has 106 valence electrons. The van der Waals surface area contributed by atoms with Crippen LogP contribution in [0.5, 0.6) is 5.75 Å². The Morgan fingerprint density at radius 1 is 1.48 bits per heavy atom. The van der Waals surface area contributed by atoms with Crippen molar-refractivity contribution in [2.45, 2.75) is 6.54 Å². The highest BCUT2D eigenvalue weighted by Gasteiger charge is 2.22. The van der Waals surface area contributed by atoms with Gasteiger partial charge in [-0.25, -0.2) is 0 Å². The first kappa shape index (κ1) is 13.0. The second-order valence-electron chi connectivity index (χ2n) is 4.49. The monoisotopic (exact) mass is 285 g/mol. The van der Waals surface area contributed by atoms with Gasteiger partial charge in [-0.05, 0) is 23.7 Å². The van der Waals surface area contributed by atoms with Crippen LogP contribution in [0.15, 0.2) is 33.9 Å². The summed E-state index contributed by atoms with van der Waals surface area (Å²) >= 11 is 0. The Labute approximate surface area is 119 Å². The molecule has 0 N–H and O–H groups in total. The number of rotatable bonds is 3. The van der Waals surface area contributed by atoms with E-state index < -0.39 is 0 Å². The first-order chi connectivity index (χ1) is 10.2. The third-order valence-corrected chi connectivity index (χ3v) is 3.19. The zero-order chi connectivity index (χ0) is 14.8. The van der Waals surface area contributed by atoms with E-state index in [1.807, 2.05) is 12.1 Å². The van der Waals surface area contributed by atoms with Crippen LogP contribution in [0, 0.1) is 0 Å². The van der Waals surface area contributed by atoms with Gasteiger partial charge in [0.05, 0.1) is 12.2 Å². The molecule has 0 aliphatic carbocycles. The molecule has 1 aromatic carbocycles. The maximum Gasteiger partial charge on any atom is 0.264 e. The first-order valence-corrected chi connectivity index (χ1v) is 6.19. The highest BCUT2D eigenvalue weighted by Crippen LogP contribution is 2.35. The number of hydrogen-bond acceptors (Lipinski definition) is 5. The van der Waals surface area contributed by atoms with Gasteiger partial charge in [0.1, 0.15) is 17.2 Å². The molecule has 2 heterocycles. The van der Waals surface area contributed by atoms with Crippen molar-refractivity contribution in [3.05, 3.63) is 40.5 Å². The summed E-state index contributed by atoms with van der Waals surface area (Å²) in [6.07, 6.45) is 0. The summed E-state index contributed by atoms with van der Waals surface area (Å²) in [4.78, 5) is 15.9. The molecule has 21 heavy (non-hydrogen) atoms. The fourth-order valence-electron chi connectivity index (χ4n) is 2.06. The Morgan fingerprint density at radius 2 is 2.33 bits per heavy atom. The number of aromatic nitrogens is 1. The number of carbonyl (C=O) groups is 1. The maximum atomic E-state index is 11.6. The Morgan fingerprint density at radius 3 is 3.14 bits per heavy atom. The molecule has 1 aliphatic rings. The topological polar surface area (TPSA) is 104 Å². The Kier molecular flexibility index (Phi) is 3.21. The van der Waals surface area contributed by atoms with Crippen molar-refractivity contribution in [1.82, 2.24) is 5.16 Å². The lowest BCUT2D eigenvalue weighted by Gasteiger charge is -2.26. The molecule has 0 spiro atoms. The first-order valence-electron chi connectivity index (χ1n) is 6.19. The molecule has 0 radical (unpaired) electrons. The van der Waals surface area contributed by atoms with Gasteiger partial charge in [0, 0.05) is 23.6 Å². The van der Waals surface area contributed by atoms with Gasteiger partial charge < -0.3 is 14.2 Å². The quantitative estimate of drug-likeness (QED) is 0.490. The summed E-state index contributed by atoms with van der Waals surface area (Å²) < 4.78 is 10.5. The average Bonchev–Trinajstić information content (AvgIpc) is 2.97. The van der Waals surface area contributed by atoms with E-state index in [1.54, 1.807) is 24.1 Å². The largest absolute Gasteiger partial charge is 0.482 e. The third-order valence-electron chi connectivity index (χ3n) is 3.19. The summed E-state index contributed by atoms with van der Waals surface area (Å²) in [6.45, 7) is 0.152. The van der Waals surface area contributed by atoms with E-state index in [9.17, 15) is 4.79 Å². The number of ether oxygens (including phenoxy) is 1. The van der Waals surface area contributed by atoms with Gasteiger partial charge in [-0.1, -0.05) is 10.3 Å². The van der Waals surface area contributed by atoms with E-state index in [-0.39, 0.29) is 19.1 Å². The lowest BCUT2D eigenvalue weighted by molar-refractivity contribution is -0.120. The SMILES string of the molecule is CN1C(=O)COc2ccc(-c3cc(CN=[N+]=[N-])on3)cc21. The van der Waals surface area contributed by atoms with E-state index in [1.165, 1.54) is 0 Å². The summed E-state index contributed by atoms with van der Waals surface area (Å²) in [5.74, 6) is 1.02. The minimum absolute atomic E-state index is 0.0448.